The van der Waals surface area contributed by atoms with Crippen molar-refractivity contribution in [3.63, 3.8) is 0 Å². The van der Waals surface area contributed by atoms with E-state index in [-0.39, 0.29) is 6.04 Å². The number of hydrogen-bond acceptors (Lipinski definition) is 2. The largest absolute Gasteiger partial charge is 0.241 e. The topological polar surface area (TPSA) is 46.2 Å². The van der Waals surface area contributed by atoms with Gasteiger partial charge in [-0.25, -0.2) is 13.1 Å². The van der Waals surface area contributed by atoms with Gasteiger partial charge in [0.05, 0.1) is 4.90 Å². The highest BCUT2D eigenvalue weighted by atomic mass is 32.2. The minimum atomic E-state index is -3.49. The maximum Gasteiger partial charge on any atom is 0.241 e. The van der Waals surface area contributed by atoms with Crippen LogP contribution in [0.3, 0.4) is 0 Å². The highest BCUT2D eigenvalue weighted by Gasteiger charge is 2.19. The van der Waals surface area contributed by atoms with Crippen molar-refractivity contribution in [2.75, 3.05) is 0 Å². The molecule has 106 valence electrons. The number of hydrogen-bond donors (Lipinski definition) is 1. The summed E-state index contributed by atoms with van der Waals surface area (Å²) in [5.41, 5.74) is 2.02. The van der Waals surface area contributed by atoms with Crippen molar-refractivity contribution in [3.05, 3.63) is 65.7 Å². The average Bonchev–Trinajstić information content (AvgIpc) is 2.46. The molecule has 0 fully saturated rings. The van der Waals surface area contributed by atoms with Gasteiger partial charge in [0.25, 0.3) is 0 Å². The lowest BCUT2D eigenvalue weighted by atomic mass is 10.1. The fourth-order valence-corrected chi connectivity index (χ4v) is 3.35. The predicted molar refractivity (Wildman–Crippen MR) is 81.0 cm³/mol. The number of benzene rings is 2. The van der Waals surface area contributed by atoms with Gasteiger partial charge in [-0.2, -0.15) is 0 Å². The average molecular weight is 289 g/mol. The van der Waals surface area contributed by atoms with E-state index in [4.69, 9.17) is 0 Å². The smallest absolute Gasteiger partial charge is 0.207 e. The molecule has 0 aliphatic carbocycles. The monoisotopic (exact) mass is 289 g/mol. The van der Waals surface area contributed by atoms with Gasteiger partial charge in [-0.3, -0.25) is 0 Å². The third kappa shape index (κ3) is 3.46. The van der Waals surface area contributed by atoms with Crippen LogP contribution in [-0.4, -0.2) is 8.42 Å². The molecular formula is C16H19NO2S. The zero-order valence-corrected chi connectivity index (χ0v) is 12.5. The van der Waals surface area contributed by atoms with Crippen molar-refractivity contribution >= 4 is 10.0 Å². The molecule has 1 atom stereocenters. The summed E-state index contributed by atoms with van der Waals surface area (Å²) in [7, 11) is -3.49. The van der Waals surface area contributed by atoms with Gasteiger partial charge in [0.15, 0.2) is 0 Å². The van der Waals surface area contributed by atoms with Crippen LogP contribution in [0.15, 0.2) is 59.5 Å². The Morgan fingerprint density at radius 1 is 1.00 bits per heavy atom. The molecular weight excluding hydrogens is 270 g/mol. The van der Waals surface area contributed by atoms with E-state index in [0.717, 1.165) is 11.1 Å². The van der Waals surface area contributed by atoms with E-state index in [1.54, 1.807) is 24.3 Å². The fourth-order valence-electron chi connectivity index (χ4n) is 2.05. The molecule has 0 unspecified atom stereocenters. The molecule has 2 aromatic carbocycles. The molecule has 0 heterocycles. The van der Waals surface area contributed by atoms with E-state index in [1.807, 2.05) is 44.2 Å². The van der Waals surface area contributed by atoms with E-state index in [9.17, 15) is 8.42 Å². The summed E-state index contributed by atoms with van der Waals surface area (Å²) < 4.78 is 27.5. The van der Waals surface area contributed by atoms with Crippen molar-refractivity contribution in [3.8, 4) is 0 Å². The molecule has 0 saturated heterocycles. The van der Waals surface area contributed by atoms with Crippen LogP contribution in [0.4, 0.5) is 0 Å². The normalized spacial score (nSPS) is 13.1. The highest BCUT2D eigenvalue weighted by Crippen LogP contribution is 2.20. The zero-order valence-electron chi connectivity index (χ0n) is 11.7. The quantitative estimate of drug-likeness (QED) is 0.916. The zero-order chi connectivity index (χ0) is 14.6. The third-order valence-electron chi connectivity index (χ3n) is 3.24. The first-order chi connectivity index (χ1) is 9.53. The summed E-state index contributed by atoms with van der Waals surface area (Å²) in [6, 6.07) is 16.3. The van der Waals surface area contributed by atoms with Crippen LogP contribution in [0.1, 0.15) is 30.5 Å². The van der Waals surface area contributed by atoms with E-state index in [0.29, 0.717) is 11.3 Å². The van der Waals surface area contributed by atoms with Gasteiger partial charge in [-0.05, 0) is 31.0 Å². The maximum atomic E-state index is 12.4. The molecule has 4 heteroatoms. The summed E-state index contributed by atoms with van der Waals surface area (Å²) in [5, 5.41) is 0. The molecule has 20 heavy (non-hydrogen) atoms. The predicted octanol–water partition coefficient (Wildman–Crippen LogP) is 3.42. The Morgan fingerprint density at radius 2 is 1.60 bits per heavy atom. The molecule has 3 nitrogen and oxygen atoms in total. The van der Waals surface area contributed by atoms with E-state index >= 15 is 0 Å². The lowest BCUT2D eigenvalue weighted by Gasteiger charge is -2.17. The molecule has 0 aliphatic heterocycles. The molecule has 0 bridgehead atoms. The molecule has 2 rings (SSSR count). The minimum Gasteiger partial charge on any atom is -0.207 e. The first-order valence-electron chi connectivity index (χ1n) is 6.67. The van der Waals surface area contributed by atoms with Crippen molar-refractivity contribution in [1.82, 2.24) is 4.72 Å². The van der Waals surface area contributed by atoms with Crippen LogP contribution in [0.25, 0.3) is 0 Å². The molecule has 1 N–H and O–H groups in total. The van der Waals surface area contributed by atoms with E-state index in [1.165, 1.54) is 0 Å². The summed E-state index contributed by atoms with van der Waals surface area (Å²) >= 11 is 0. The van der Waals surface area contributed by atoms with Gasteiger partial charge in [0, 0.05) is 6.04 Å². The number of nitrogens with one attached hydrogen (secondary N) is 1. The Balaban J connectivity index is 2.24. The molecule has 0 amide bonds. The van der Waals surface area contributed by atoms with Crippen molar-refractivity contribution in [2.45, 2.75) is 31.2 Å². The second kappa shape index (κ2) is 6.20. The molecule has 0 radical (unpaired) electrons. The van der Waals surface area contributed by atoms with Crippen LogP contribution in [0, 0.1) is 6.92 Å². The van der Waals surface area contributed by atoms with Crippen molar-refractivity contribution in [1.29, 1.82) is 0 Å². The Morgan fingerprint density at radius 3 is 2.15 bits per heavy atom. The summed E-state index contributed by atoms with van der Waals surface area (Å²) in [6.07, 6.45) is 0.703. The van der Waals surface area contributed by atoms with Crippen LogP contribution < -0.4 is 4.72 Å². The third-order valence-corrected chi connectivity index (χ3v) is 4.73. The first-order valence-corrected chi connectivity index (χ1v) is 8.15. The standard InChI is InChI=1S/C16H19NO2S/c1-3-16(14-7-5-4-6-8-14)17-20(18,19)15-11-9-13(2)10-12-15/h4-12,16-17H,3H2,1-2H3/t16-/m1/s1. The highest BCUT2D eigenvalue weighted by molar-refractivity contribution is 7.89. The Labute approximate surface area is 120 Å². The SMILES string of the molecule is CC[C@@H](NS(=O)(=O)c1ccc(C)cc1)c1ccccc1. The van der Waals surface area contributed by atoms with Crippen molar-refractivity contribution < 1.29 is 8.42 Å². The summed E-state index contributed by atoms with van der Waals surface area (Å²) in [4.78, 5) is 0.303. The Kier molecular flexibility index (Phi) is 4.57. The number of sulfonamides is 1. The maximum absolute atomic E-state index is 12.4. The first kappa shape index (κ1) is 14.8. The molecule has 0 aliphatic rings. The molecule has 0 saturated carbocycles. The molecule has 0 aromatic heterocycles. The van der Waals surface area contributed by atoms with Crippen LogP contribution in [-0.2, 0) is 10.0 Å². The van der Waals surface area contributed by atoms with Gasteiger partial charge in [0.2, 0.25) is 10.0 Å². The molecule has 0 spiro atoms. The lowest BCUT2D eigenvalue weighted by Crippen LogP contribution is -2.28. The number of aryl methyl sites for hydroxylation is 1. The van der Waals surface area contributed by atoms with Gasteiger partial charge in [-0.1, -0.05) is 55.0 Å². The number of rotatable bonds is 5. The van der Waals surface area contributed by atoms with Crippen molar-refractivity contribution in [2.24, 2.45) is 0 Å². The van der Waals surface area contributed by atoms with Gasteiger partial charge < -0.3 is 0 Å². The van der Waals surface area contributed by atoms with E-state index in [2.05, 4.69) is 4.72 Å². The summed E-state index contributed by atoms with van der Waals surface area (Å²) in [6.45, 7) is 3.90. The van der Waals surface area contributed by atoms with Gasteiger partial charge in [-0.15, -0.1) is 0 Å². The summed E-state index contributed by atoms with van der Waals surface area (Å²) in [5.74, 6) is 0. The van der Waals surface area contributed by atoms with Crippen LogP contribution in [0.5, 0.6) is 0 Å². The Hall–Kier alpha value is -1.65. The van der Waals surface area contributed by atoms with Crippen LogP contribution in [0.2, 0.25) is 0 Å². The second-order valence-corrected chi connectivity index (χ2v) is 6.52. The van der Waals surface area contributed by atoms with Gasteiger partial charge in [0.1, 0.15) is 0 Å². The Bertz CT molecular complexity index is 649. The second-order valence-electron chi connectivity index (χ2n) is 4.81. The van der Waals surface area contributed by atoms with Crippen LogP contribution >= 0.6 is 0 Å². The van der Waals surface area contributed by atoms with E-state index < -0.39 is 10.0 Å². The minimum absolute atomic E-state index is 0.206. The lowest BCUT2D eigenvalue weighted by molar-refractivity contribution is 0.550. The fraction of sp³-hybridized carbons (Fsp3) is 0.250. The molecule has 2 aromatic rings. The van der Waals surface area contributed by atoms with Gasteiger partial charge >= 0.3 is 0 Å².